The number of allylic oxidation sites excluding steroid dienone is 1. The number of hydrogen-bond acceptors (Lipinski definition) is 2. The summed E-state index contributed by atoms with van der Waals surface area (Å²) < 4.78 is 13.6. The third-order valence-corrected chi connectivity index (χ3v) is 3.29. The first-order chi connectivity index (χ1) is 9.18. The van der Waals surface area contributed by atoms with Gasteiger partial charge in [-0.15, -0.1) is 0 Å². The molecule has 19 heavy (non-hydrogen) atoms. The molecule has 1 aromatic rings. The summed E-state index contributed by atoms with van der Waals surface area (Å²) in [5.74, 6) is -0.328. The first-order valence-corrected chi connectivity index (χ1v) is 6.61. The Kier molecular flexibility index (Phi) is 4.68. The number of benzene rings is 1. The van der Waals surface area contributed by atoms with Crippen molar-refractivity contribution in [3.8, 4) is 0 Å². The summed E-state index contributed by atoms with van der Waals surface area (Å²) in [5.41, 5.74) is 1.16. The zero-order valence-corrected chi connectivity index (χ0v) is 11.2. The molecule has 0 radical (unpaired) electrons. The van der Waals surface area contributed by atoms with E-state index in [1.807, 2.05) is 4.90 Å². The third kappa shape index (κ3) is 3.64. The van der Waals surface area contributed by atoms with Gasteiger partial charge in [0.05, 0.1) is 0 Å². The highest BCUT2D eigenvalue weighted by Gasteiger charge is 2.14. The Morgan fingerprint density at radius 2 is 2.11 bits per heavy atom. The molecule has 1 amide bonds. The van der Waals surface area contributed by atoms with E-state index in [2.05, 4.69) is 5.32 Å². The molecule has 3 nitrogen and oxygen atoms in total. The lowest BCUT2D eigenvalue weighted by molar-refractivity contribution is -0.125. The van der Waals surface area contributed by atoms with Crippen molar-refractivity contribution >= 4 is 11.5 Å². The van der Waals surface area contributed by atoms with Gasteiger partial charge in [0.2, 0.25) is 5.91 Å². The molecule has 1 aliphatic rings. The van der Waals surface area contributed by atoms with E-state index in [0.29, 0.717) is 17.7 Å². The van der Waals surface area contributed by atoms with Crippen LogP contribution < -0.4 is 5.32 Å². The number of rotatable bonds is 2. The summed E-state index contributed by atoms with van der Waals surface area (Å²) in [7, 11) is 0. The minimum atomic E-state index is -0.290. The molecular weight excluding hydrogens is 243 g/mol. The predicted molar refractivity (Wildman–Crippen MR) is 74.1 cm³/mol. The van der Waals surface area contributed by atoms with E-state index in [1.165, 1.54) is 12.1 Å². The Hall–Kier alpha value is -1.68. The van der Waals surface area contributed by atoms with E-state index in [1.54, 1.807) is 25.1 Å². The summed E-state index contributed by atoms with van der Waals surface area (Å²) in [6, 6.07) is 6.52. The van der Waals surface area contributed by atoms with Crippen LogP contribution >= 0.6 is 0 Å². The molecule has 0 unspecified atom stereocenters. The average molecular weight is 262 g/mol. The molecule has 0 aliphatic carbocycles. The lowest BCUT2D eigenvalue weighted by Crippen LogP contribution is -2.33. The SMILES string of the molecule is C/C(=C\C(=O)N1CCCNCC1)c1ccccc1F. The van der Waals surface area contributed by atoms with Crippen LogP contribution in [0.2, 0.25) is 0 Å². The van der Waals surface area contributed by atoms with Crippen molar-refractivity contribution in [3.05, 3.63) is 41.7 Å². The van der Waals surface area contributed by atoms with E-state index < -0.39 is 0 Å². The fourth-order valence-corrected chi connectivity index (χ4v) is 2.20. The number of hydrogen-bond donors (Lipinski definition) is 1. The van der Waals surface area contributed by atoms with Gasteiger partial charge in [-0.25, -0.2) is 4.39 Å². The summed E-state index contributed by atoms with van der Waals surface area (Å²) in [6.07, 6.45) is 2.49. The molecule has 0 spiro atoms. The van der Waals surface area contributed by atoms with Gasteiger partial charge in [0.25, 0.3) is 0 Å². The van der Waals surface area contributed by atoms with Crippen LogP contribution in [0.1, 0.15) is 18.9 Å². The Bertz CT molecular complexity index is 477. The van der Waals surface area contributed by atoms with Crippen LogP contribution in [0.4, 0.5) is 4.39 Å². The van der Waals surface area contributed by atoms with Gasteiger partial charge >= 0.3 is 0 Å². The summed E-state index contributed by atoms with van der Waals surface area (Å²) in [5, 5.41) is 3.25. The van der Waals surface area contributed by atoms with Crippen molar-refractivity contribution in [1.29, 1.82) is 0 Å². The van der Waals surface area contributed by atoms with Crippen molar-refractivity contribution in [2.45, 2.75) is 13.3 Å². The molecule has 1 heterocycles. The van der Waals surface area contributed by atoms with Crippen LogP contribution in [0.3, 0.4) is 0 Å². The van der Waals surface area contributed by atoms with Crippen LogP contribution in [0.25, 0.3) is 5.57 Å². The lowest BCUT2D eigenvalue weighted by Gasteiger charge is -2.18. The van der Waals surface area contributed by atoms with Crippen molar-refractivity contribution in [3.63, 3.8) is 0 Å². The highest BCUT2D eigenvalue weighted by Crippen LogP contribution is 2.17. The molecular formula is C15H19FN2O. The van der Waals surface area contributed by atoms with Crippen LogP contribution in [-0.2, 0) is 4.79 Å². The van der Waals surface area contributed by atoms with E-state index >= 15 is 0 Å². The highest BCUT2D eigenvalue weighted by atomic mass is 19.1. The van der Waals surface area contributed by atoms with Gasteiger partial charge in [0.15, 0.2) is 0 Å². The first-order valence-electron chi connectivity index (χ1n) is 6.61. The van der Waals surface area contributed by atoms with Crippen molar-refractivity contribution in [2.75, 3.05) is 26.2 Å². The van der Waals surface area contributed by atoms with Crippen molar-refractivity contribution in [1.82, 2.24) is 10.2 Å². The maximum atomic E-state index is 13.6. The third-order valence-electron chi connectivity index (χ3n) is 3.29. The van der Waals surface area contributed by atoms with Gasteiger partial charge in [-0.2, -0.15) is 0 Å². The van der Waals surface area contributed by atoms with Gasteiger partial charge < -0.3 is 10.2 Å². The van der Waals surface area contributed by atoms with E-state index in [9.17, 15) is 9.18 Å². The van der Waals surface area contributed by atoms with E-state index in [-0.39, 0.29) is 11.7 Å². The Morgan fingerprint density at radius 1 is 1.32 bits per heavy atom. The molecule has 1 aromatic carbocycles. The number of amides is 1. The standard InChI is InChI=1S/C15H19FN2O/c1-12(13-5-2-3-6-14(13)16)11-15(19)18-9-4-7-17-8-10-18/h2-3,5-6,11,17H,4,7-10H2,1H3/b12-11+. The van der Waals surface area contributed by atoms with Gasteiger partial charge in [-0.1, -0.05) is 18.2 Å². The lowest BCUT2D eigenvalue weighted by atomic mass is 10.1. The topological polar surface area (TPSA) is 32.3 Å². The van der Waals surface area contributed by atoms with Crippen LogP contribution in [0.15, 0.2) is 30.3 Å². The highest BCUT2D eigenvalue weighted by molar-refractivity contribution is 5.94. The minimum absolute atomic E-state index is 0.0375. The monoisotopic (exact) mass is 262 g/mol. The second-order valence-electron chi connectivity index (χ2n) is 4.74. The summed E-state index contributed by atoms with van der Waals surface area (Å²) >= 11 is 0. The molecule has 0 saturated carbocycles. The maximum Gasteiger partial charge on any atom is 0.246 e. The maximum absolute atomic E-state index is 13.6. The van der Waals surface area contributed by atoms with Crippen LogP contribution in [0.5, 0.6) is 0 Å². The number of carbonyl (C=O) groups is 1. The predicted octanol–water partition coefficient (Wildman–Crippen LogP) is 2.05. The molecule has 0 aromatic heterocycles. The number of nitrogens with one attached hydrogen (secondary N) is 1. The van der Waals surface area contributed by atoms with Gasteiger partial charge in [-0.3, -0.25) is 4.79 Å². The zero-order valence-electron chi connectivity index (χ0n) is 11.2. The smallest absolute Gasteiger partial charge is 0.246 e. The molecule has 4 heteroatoms. The second-order valence-corrected chi connectivity index (χ2v) is 4.74. The zero-order chi connectivity index (χ0) is 13.7. The summed E-state index contributed by atoms with van der Waals surface area (Å²) in [4.78, 5) is 14.0. The molecule has 0 bridgehead atoms. The quantitative estimate of drug-likeness (QED) is 0.827. The molecule has 1 N–H and O–H groups in total. The van der Waals surface area contributed by atoms with Crippen LogP contribution in [0, 0.1) is 5.82 Å². The number of halogens is 1. The van der Waals surface area contributed by atoms with E-state index in [0.717, 1.165) is 26.1 Å². The molecule has 2 rings (SSSR count). The average Bonchev–Trinajstić information content (AvgIpc) is 2.68. The minimum Gasteiger partial charge on any atom is -0.338 e. The Balaban J connectivity index is 2.11. The normalized spacial score (nSPS) is 17.2. The molecule has 102 valence electrons. The van der Waals surface area contributed by atoms with Gasteiger partial charge in [0, 0.05) is 31.3 Å². The number of carbonyl (C=O) groups excluding carboxylic acids is 1. The molecule has 1 aliphatic heterocycles. The fourth-order valence-electron chi connectivity index (χ4n) is 2.20. The molecule has 1 fully saturated rings. The van der Waals surface area contributed by atoms with Gasteiger partial charge in [0.1, 0.15) is 5.82 Å². The van der Waals surface area contributed by atoms with Crippen molar-refractivity contribution < 1.29 is 9.18 Å². The van der Waals surface area contributed by atoms with Crippen LogP contribution in [-0.4, -0.2) is 37.0 Å². The fraction of sp³-hybridized carbons (Fsp3) is 0.400. The van der Waals surface area contributed by atoms with Crippen molar-refractivity contribution in [2.24, 2.45) is 0 Å². The summed E-state index contributed by atoms with van der Waals surface area (Å²) in [6.45, 7) is 5.00. The first kappa shape index (κ1) is 13.7. The van der Waals surface area contributed by atoms with E-state index in [4.69, 9.17) is 0 Å². The molecule has 1 saturated heterocycles. The number of nitrogens with zero attached hydrogens (tertiary/aromatic N) is 1. The largest absolute Gasteiger partial charge is 0.338 e. The Morgan fingerprint density at radius 3 is 2.89 bits per heavy atom. The Labute approximate surface area is 113 Å². The molecule has 0 atom stereocenters. The second kappa shape index (κ2) is 6.48. The van der Waals surface area contributed by atoms with Gasteiger partial charge in [-0.05, 0) is 31.5 Å².